The topological polar surface area (TPSA) is 0 Å². The average Bonchev–Trinajstić information content (AvgIpc) is 2.50. The van der Waals surface area contributed by atoms with Crippen molar-refractivity contribution in [3.63, 3.8) is 0 Å². The maximum Gasteiger partial charge on any atom is -0.0292 e. The lowest BCUT2D eigenvalue weighted by molar-refractivity contribution is -0.0653. The molecule has 0 aliphatic heterocycles. The molecule has 0 spiro atoms. The van der Waals surface area contributed by atoms with Crippen molar-refractivity contribution in [3.8, 4) is 0 Å². The van der Waals surface area contributed by atoms with Gasteiger partial charge in [-0.3, -0.25) is 0 Å². The standard InChI is InChI=1S/C17H30.2C2H6/c1-12-7-8-16-15-6-4-5-13(2)14(15)9-10-17(16,3)11-12;2*1-2/h12-16H,4-11H2,1-3H3;2*1-2H3/t12?,13?,14?,15?,16?,17-;;/m1../s1. The van der Waals surface area contributed by atoms with Crippen LogP contribution in [0.4, 0.5) is 0 Å². The Hall–Kier alpha value is 0. The third-order valence-corrected chi connectivity index (χ3v) is 6.72. The highest BCUT2D eigenvalue weighted by molar-refractivity contribution is 4.99. The van der Waals surface area contributed by atoms with Crippen LogP contribution in [0.2, 0.25) is 0 Å². The molecule has 3 aliphatic carbocycles. The third kappa shape index (κ3) is 4.05. The van der Waals surface area contributed by atoms with Gasteiger partial charge in [0.1, 0.15) is 0 Å². The maximum atomic E-state index is 2.63. The summed E-state index contributed by atoms with van der Waals surface area (Å²) < 4.78 is 0. The van der Waals surface area contributed by atoms with Crippen molar-refractivity contribution in [2.24, 2.45) is 35.0 Å². The fraction of sp³-hybridized carbons (Fsp3) is 1.00. The van der Waals surface area contributed by atoms with Crippen molar-refractivity contribution in [3.05, 3.63) is 0 Å². The minimum absolute atomic E-state index is 0.718. The smallest absolute Gasteiger partial charge is 0.0292 e. The summed E-state index contributed by atoms with van der Waals surface area (Å²) in [6.45, 7) is 15.6. The van der Waals surface area contributed by atoms with Crippen molar-refractivity contribution < 1.29 is 0 Å². The second-order valence-corrected chi connectivity index (χ2v) is 7.92. The van der Waals surface area contributed by atoms with Crippen molar-refractivity contribution in [2.45, 2.75) is 99.8 Å². The molecule has 0 aromatic heterocycles. The Morgan fingerprint density at radius 1 is 0.762 bits per heavy atom. The van der Waals surface area contributed by atoms with Gasteiger partial charge in [0.25, 0.3) is 0 Å². The SMILES string of the molecule is CC.CC.CC1CCC2C3CCCC(C)C3CC[C@]2(C)C1. The predicted octanol–water partition coefficient (Wildman–Crippen LogP) is 7.33. The highest BCUT2D eigenvalue weighted by Crippen LogP contribution is 2.59. The van der Waals surface area contributed by atoms with Gasteiger partial charge in [-0.1, -0.05) is 67.7 Å². The van der Waals surface area contributed by atoms with Crippen molar-refractivity contribution in [1.82, 2.24) is 0 Å². The largest absolute Gasteiger partial charge is 0.0683 e. The van der Waals surface area contributed by atoms with Crippen LogP contribution in [-0.2, 0) is 0 Å². The van der Waals surface area contributed by atoms with Crippen LogP contribution in [-0.4, -0.2) is 0 Å². The van der Waals surface area contributed by atoms with E-state index in [2.05, 4.69) is 20.8 Å². The zero-order chi connectivity index (χ0) is 16.0. The minimum atomic E-state index is 0.718. The van der Waals surface area contributed by atoms with Crippen LogP contribution in [0.3, 0.4) is 0 Å². The zero-order valence-corrected chi connectivity index (χ0v) is 16.0. The van der Waals surface area contributed by atoms with Gasteiger partial charge in [-0.15, -0.1) is 0 Å². The lowest BCUT2D eigenvalue weighted by atomic mass is 9.49. The van der Waals surface area contributed by atoms with Crippen LogP contribution in [0, 0.1) is 35.0 Å². The number of rotatable bonds is 0. The summed E-state index contributed by atoms with van der Waals surface area (Å²) in [4.78, 5) is 0. The van der Waals surface area contributed by atoms with Crippen LogP contribution in [0.25, 0.3) is 0 Å². The summed E-state index contributed by atoms with van der Waals surface area (Å²) in [6.07, 6.45) is 12.3. The maximum absolute atomic E-state index is 2.63. The first-order valence-electron chi connectivity index (χ1n) is 10.1. The first-order chi connectivity index (χ1) is 10.1. The van der Waals surface area contributed by atoms with Crippen molar-refractivity contribution >= 4 is 0 Å². The molecule has 0 aromatic rings. The van der Waals surface area contributed by atoms with Gasteiger partial charge in [-0.2, -0.15) is 0 Å². The quantitative estimate of drug-likeness (QED) is 0.439. The molecule has 0 nitrogen and oxygen atoms in total. The van der Waals surface area contributed by atoms with Crippen LogP contribution in [0.1, 0.15) is 99.8 Å². The molecule has 3 aliphatic rings. The molecule has 0 amide bonds. The summed E-state index contributed by atoms with van der Waals surface area (Å²) in [5, 5.41) is 0. The summed E-state index contributed by atoms with van der Waals surface area (Å²) in [5.41, 5.74) is 0.718. The Balaban J connectivity index is 0.000000510. The number of hydrogen-bond acceptors (Lipinski definition) is 0. The Kier molecular flexibility index (Phi) is 7.79. The average molecular weight is 295 g/mol. The predicted molar refractivity (Wildman–Crippen MR) is 96.5 cm³/mol. The highest BCUT2D eigenvalue weighted by atomic mass is 14.5. The third-order valence-electron chi connectivity index (χ3n) is 6.72. The van der Waals surface area contributed by atoms with Gasteiger partial charge < -0.3 is 0 Å². The highest BCUT2D eigenvalue weighted by Gasteiger charge is 2.50. The Labute approximate surface area is 135 Å². The molecule has 0 radical (unpaired) electrons. The summed E-state index contributed by atoms with van der Waals surface area (Å²) in [7, 11) is 0. The number of hydrogen-bond donors (Lipinski definition) is 0. The summed E-state index contributed by atoms with van der Waals surface area (Å²) in [5.74, 6) is 5.30. The molecular formula is C21H42. The molecule has 3 rings (SSSR count). The molecule has 0 heterocycles. The Morgan fingerprint density at radius 3 is 2.10 bits per heavy atom. The summed E-state index contributed by atoms with van der Waals surface area (Å²) >= 11 is 0. The van der Waals surface area contributed by atoms with Gasteiger partial charge in [-0.25, -0.2) is 0 Å². The van der Waals surface area contributed by atoms with E-state index >= 15 is 0 Å². The molecule has 3 fully saturated rings. The van der Waals surface area contributed by atoms with E-state index in [0.717, 1.165) is 35.0 Å². The van der Waals surface area contributed by atoms with E-state index in [-0.39, 0.29) is 0 Å². The first-order valence-corrected chi connectivity index (χ1v) is 10.1. The normalized spacial score (nSPS) is 45.0. The lowest BCUT2D eigenvalue weighted by Gasteiger charge is -2.56. The van der Waals surface area contributed by atoms with Gasteiger partial charge >= 0.3 is 0 Å². The lowest BCUT2D eigenvalue weighted by Crippen LogP contribution is -2.47. The molecule has 3 saturated carbocycles. The summed E-state index contributed by atoms with van der Waals surface area (Å²) in [6, 6.07) is 0. The fourth-order valence-corrected chi connectivity index (χ4v) is 5.90. The van der Waals surface area contributed by atoms with Crippen molar-refractivity contribution in [1.29, 1.82) is 0 Å². The second-order valence-electron chi connectivity index (χ2n) is 7.92. The Morgan fingerprint density at radius 2 is 1.43 bits per heavy atom. The van der Waals surface area contributed by atoms with E-state index in [9.17, 15) is 0 Å². The molecule has 0 aromatic carbocycles. The van der Waals surface area contributed by atoms with E-state index < -0.39 is 0 Å². The monoisotopic (exact) mass is 294 g/mol. The van der Waals surface area contributed by atoms with E-state index in [0.29, 0.717) is 0 Å². The molecule has 0 saturated heterocycles. The molecule has 5 unspecified atom stereocenters. The van der Waals surface area contributed by atoms with E-state index in [1.165, 1.54) is 32.1 Å². The molecule has 21 heavy (non-hydrogen) atoms. The van der Waals surface area contributed by atoms with E-state index in [1.807, 2.05) is 27.7 Å². The van der Waals surface area contributed by atoms with Crippen LogP contribution in [0.15, 0.2) is 0 Å². The molecule has 0 N–H and O–H groups in total. The van der Waals surface area contributed by atoms with Gasteiger partial charge in [0.2, 0.25) is 0 Å². The van der Waals surface area contributed by atoms with Crippen LogP contribution in [0.5, 0.6) is 0 Å². The zero-order valence-electron chi connectivity index (χ0n) is 16.0. The Bertz CT molecular complexity index is 282. The molecule has 0 bridgehead atoms. The van der Waals surface area contributed by atoms with Crippen LogP contribution >= 0.6 is 0 Å². The van der Waals surface area contributed by atoms with Gasteiger partial charge in [0.05, 0.1) is 0 Å². The number of fused-ring (bicyclic) bond motifs is 3. The first kappa shape index (κ1) is 19.0. The minimum Gasteiger partial charge on any atom is -0.0683 e. The van der Waals surface area contributed by atoms with Gasteiger partial charge in [0, 0.05) is 0 Å². The van der Waals surface area contributed by atoms with Crippen LogP contribution < -0.4 is 0 Å². The molecular weight excluding hydrogens is 252 g/mol. The van der Waals surface area contributed by atoms with E-state index in [4.69, 9.17) is 0 Å². The second kappa shape index (κ2) is 8.59. The molecule has 0 heteroatoms. The van der Waals surface area contributed by atoms with Crippen molar-refractivity contribution in [2.75, 3.05) is 0 Å². The molecule has 6 atom stereocenters. The van der Waals surface area contributed by atoms with Gasteiger partial charge in [0.15, 0.2) is 0 Å². The fourth-order valence-electron chi connectivity index (χ4n) is 5.90. The van der Waals surface area contributed by atoms with E-state index in [1.54, 1.807) is 19.3 Å². The van der Waals surface area contributed by atoms with Gasteiger partial charge in [-0.05, 0) is 67.1 Å². The molecule has 126 valence electrons.